The maximum absolute atomic E-state index is 13.2. The molecule has 9 nitrogen and oxygen atoms in total. The van der Waals surface area contributed by atoms with E-state index in [0.29, 0.717) is 42.2 Å². The minimum absolute atomic E-state index is 0.00211. The number of morpholine rings is 1. The molecule has 0 saturated carbocycles. The van der Waals surface area contributed by atoms with Crippen LogP contribution in [0.25, 0.3) is 11.4 Å². The molecule has 4 heterocycles. The highest BCUT2D eigenvalue weighted by Crippen LogP contribution is 2.43. The number of nitrogens with zero attached hydrogens (tertiary/aromatic N) is 4. The Balaban J connectivity index is 1.46. The summed E-state index contributed by atoms with van der Waals surface area (Å²) in [6.45, 7) is 0.972. The number of thiazole rings is 1. The van der Waals surface area contributed by atoms with Crippen molar-refractivity contribution in [2.75, 3.05) is 30.5 Å². The van der Waals surface area contributed by atoms with E-state index in [4.69, 9.17) is 9.26 Å². The summed E-state index contributed by atoms with van der Waals surface area (Å²) >= 11 is 1.41. The Hall–Kier alpha value is -3.05. The number of amides is 2. The molecule has 2 aliphatic rings. The number of carbonyl (C=O) groups is 1. The van der Waals surface area contributed by atoms with E-state index in [9.17, 15) is 9.18 Å². The lowest BCUT2D eigenvalue weighted by atomic mass is 9.97. The van der Waals surface area contributed by atoms with Gasteiger partial charge in [-0.05, 0) is 24.3 Å². The highest BCUT2D eigenvalue weighted by Gasteiger charge is 2.43. The molecule has 0 aliphatic carbocycles. The van der Waals surface area contributed by atoms with Gasteiger partial charge in [-0.1, -0.05) is 16.5 Å². The first-order chi connectivity index (χ1) is 14.1. The van der Waals surface area contributed by atoms with Crippen molar-refractivity contribution in [3.05, 3.63) is 40.7 Å². The molecular formula is C18H17FN6O3S. The van der Waals surface area contributed by atoms with Gasteiger partial charge in [-0.15, -0.1) is 0 Å². The van der Waals surface area contributed by atoms with E-state index in [1.54, 1.807) is 19.2 Å². The highest BCUT2D eigenvalue weighted by atomic mass is 32.1. The zero-order chi connectivity index (χ0) is 20.0. The Morgan fingerprint density at radius 2 is 2.10 bits per heavy atom. The van der Waals surface area contributed by atoms with Crippen LogP contribution in [0.5, 0.6) is 0 Å². The SMILES string of the molecule is CNC(=O)Nc1nc2c(s1)[C@H]1COC[C@@H](C2)N1c1nc(-c2ccc(F)cc2)no1. The molecule has 2 N–H and O–H groups in total. The van der Waals surface area contributed by atoms with E-state index in [1.807, 2.05) is 0 Å². The quantitative estimate of drug-likeness (QED) is 0.676. The standard InChI is InChI=1S/C18H17FN6O3S/c1-20-16(26)23-17-21-12-6-11-7-27-8-13(14(12)29-17)25(11)18-22-15(24-28-18)9-2-4-10(19)5-3-9/h2-5,11,13H,6-8H2,1H3,(H2,20,21,23,26)/t11-,13-/m1/s1. The van der Waals surface area contributed by atoms with Crippen molar-refractivity contribution in [1.29, 1.82) is 0 Å². The number of nitrogens with one attached hydrogen (secondary N) is 2. The number of hydrogen-bond acceptors (Lipinski definition) is 8. The molecular weight excluding hydrogens is 399 g/mol. The van der Waals surface area contributed by atoms with Crippen molar-refractivity contribution in [2.24, 2.45) is 0 Å². The molecule has 2 bridgehead atoms. The maximum Gasteiger partial charge on any atom is 0.325 e. The fourth-order valence-corrected chi connectivity index (χ4v) is 4.69. The number of aromatic nitrogens is 3. The lowest BCUT2D eigenvalue weighted by molar-refractivity contribution is 0.0570. The second-order valence-electron chi connectivity index (χ2n) is 6.76. The second-order valence-corrected chi connectivity index (χ2v) is 7.79. The zero-order valence-electron chi connectivity index (χ0n) is 15.4. The van der Waals surface area contributed by atoms with E-state index in [0.717, 1.165) is 10.6 Å². The fraction of sp³-hybridized carbons (Fsp3) is 0.333. The average Bonchev–Trinajstić information content (AvgIpc) is 3.35. The first-order valence-electron chi connectivity index (χ1n) is 9.06. The van der Waals surface area contributed by atoms with E-state index < -0.39 is 0 Å². The van der Waals surface area contributed by atoms with Crippen molar-refractivity contribution < 1.29 is 18.4 Å². The number of rotatable bonds is 3. The van der Waals surface area contributed by atoms with Crippen LogP contribution in [0.4, 0.5) is 20.3 Å². The van der Waals surface area contributed by atoms with Gasteiger partial charge in [0.25, 0.3) is 0 Å². The smallest absolute Gasteiger partial charge is 0.325 e. The molecule has 2 amide bonds. The summed E-state index contributed by atoms with van der Waals surface area (Å²) in [5.41, 5.74) is 1.63. The molecule has 11 heteroatoms. The van der Waals surface area contributed by atoms with Gasteiger partial charge in [-0.2, -0.15) is 4.98 Å². The first kappa shape index (κ1) is 18.0. The molecule has 3 aromatic rings. The van der Waals surface area contributed by atoms with Crippen LogP contribution in [-0.2, 0) is 11.2 Å². The highest BCUT2D eigenvalue weighted by molar-refractivity contribution is 7.16. The van der Waals surface area contributed by atoms with E-state index in [2.05, 4.69) is 30.7 Å². The number of ether oxygens (including phenoxy) is 1. The maximum atomic E-state index is 13.2. The largest absolute Gasteiger partial charge is 0.377 e. The first-order valence-corrected chi connectivity index (χ1v) is 9.88. The summed E-state index contributed by atoms with van der Waals surface area (Å²) in [5, 5.41) is 9.85. The van der Waals surface area contributed by atoms with Crippen molar-refractivity contribution in [1.82, 2.24) is 20.4 Å². The third-order valence-electron chi connectivity index (χ3n) is 4.96. The van der Waals surface area contributed by atoms with Gasteiger partial charge in [-0.3, -0.25) is 5.32 Å². The number of anilines is 2. The number of hydrogen-bond donors (Lipinski definition) is 2. The molecule has 1 saturated heterocycles. The van der Waals surface area contributed by atoms with Gasteiger partial charge in [-0.25, -0.2) is 14.2 Å². The van der Waals surface area contributed by atoms with Gasteiger partial charge in [0.15, 0.2) is 5.13 Å². The van der Waals surface area contributed by atoms with Crippen molar-refractivity contribution in [3.63, 3.8) is 0 Å². The Kier molecular flexibility index (Phi) is 4.40. The Morgan fingerprint density at radius 3 is 2.90 bits per heavy atom. The number of benzene rings is 1. The van der Waals surface area contributed by atoms with Gasteiger partial charge >= 0.3 is 12.0 Å². The fourth-order valence-electron chi connectivity index (χ4n) is 3.62. The summed E-state index contributed by atoms with van der Waals surface area (Å²) in [6, 6.07) is 5.90. The van der Waals surface area contributed by atoms with Crippen LogP contribution < -0.4 is 15.5 Å². The normalized spacial score (nSPS) is 20.3. The van der Waals surface area contributed by atoms with Crippen LogP contribution in [0.2, 0.25) is 0 Å². The lowest BCUT2D eigenvalue weighted by Gasteiger charge is -2.43. The van der Waals surface area contributed by atoms with Gasteiger partial charge in [0, 0.05) is 19.0 Å². The molecule has 1 aromatic carbocycles. The Labute approximate surface area is 168 Å². The van der Waals surface area contributed by atoms with Gasteiger partial charge in [0.05, 0.1) is 35.9 Å². The van der Waals surface area contributed by atoms with Crippen LogP contribution >= 0.6 is 11.3 Å². The zero-order valence-corrected chi connectivity index (χ0v) is 16.2. The minimum atomic E-state index is -0.320. The molecule has 0 unspecified atom stereocenters. The van der Waals surface area contributed by atoms with E-state index in [1.165, 1.54) is 23.5 Å². The van der Waals surface area contributed by atoms with Gasteiger partial charge in [0.1, 0.15) is 5.82 Å². The second kappa shape index (κ2) is 7.08. The van der Waals surface area contributed by atoms with Crippen LogP contribution in [0, 0.1) is 5.82 Å². The number of fused-ring (bicyclic) bond motifs is 4. The topological polar surface area (TPSA) is 105 Å². The summed E-state index contributed by atoms with van der Waals surface area (Å²) in [6.07, 6.45) is 0.645. The summed E-state index contributed by atoms with van der Waals surface area (Å²) < 4.78 is 24.5. The number of urea groups is 1. The lowest BCUT2D eigenvalue weighted by Crippen LogP contribution is -2.51. The summed E-state index contributed by atoms with van der Waals surface area (Å²) in [5.74, 6) is 0.0788. The van der Waals surface area contributed by atoms with Crippen LogP contribution in [0.15, 0.2) is 28.8 Å². The molecule has 29 heavy (non-hydrogen) atoms. The molecule has 0 spiro atoms. The third-order valence-corrected chi connectivity index (χ3v) is 6.07. The van der Waals surface area contributed by atoms with Crippen molar-refractivity contribution in [2.45, 2.75) is 18.5 Å². The molecule has 1 fully saturated rings. The van der Waals surface area contributed by atoms with Crippen molar-refractivity contribution in [3.8, 4) is 11.4 Å². The number of halogens is 1. The molecule has 0 radical (unpaired) electrons. The van der Waals surface area contributed by atoms with Gasteiger partial charge < -0.3 is 19.5 Å². The van der Waals surface area contributed by atoms with Gasteiger partial charge in [0.2, 0.25) is 5.82 Å². The monoisotopic (exact) mass is 416 g/mol. The molecule has 150 valence electrons. The minimum Gasteiger partial charge on any atom is -0.377 e. The van der Waals surface area contributed by atoms with Crippen molar-refractivity contribution >= 4 is 28.5 Å². The summed E-state index contributed by atoms with van der Waals surface area (Å²) in [4.78, 5) is 23.8. The average molecular weight is 416 g/mol. The summed E-state index contributed by atoms with van der Waals surface area (Å²) in [7, 11) is 1.56. The van der Waals surface area contributed by atoms with E-state index in [-0.39, 0.29) is 23.9 Å². The van der Waals surface area contributed by atoms with Crippen LogP contribution in [0.3, 0.4) is 0 Å². The number of carbonyl (C=O) groups excluding carboxylic acids is 1. The third kappa shape index (κ3) is 3.21. The van der Waals surface area contributed by atoms with Crippen LogP contribution in [-0.4, -0.2) is 47.5 Å². The van der Waals surface area contributed by atoms with E-state index >= 15 is 0 Å². The Morgan fingerprint density at radius 1 is 1.28 bits per heavy atom. The predicted octanol–water partition coefficient (Wildman–Crippen LogP) is 2.59. The molecule has 2 aliphatic heterocycles. The van der Waals surface area contributed by atoms with Crippen LogP contribution in [0.1, 0.15) is 16.6 Å². The Bertz CT molecular complexity index is 1050. The predicted molar refractivity (Wildman–Crippen MR) is 103 cm³/mol. The molecule has 5 rings (SSSR count). The molecule has 2 aromatic heterocycles. The molecule has 2 atom stereocenters.